The van der Waals surface area contributed by atoms with Crippen LogP contribution in [0.25, 0.3) is 0 Å². The fourth-order valence-corrected chi connectivity index (χ4v) is 3.28. The fraction of sp³-hybridized carbons (Fsp3) is 0.857. The van der Waals surface area contributed by atoms with E-state index >= 15 is 0 Å². The molecule has 1 heterocycles. The molecule has 2 rings (SSSR count). The lowest BCUT2D eigenvalue weighted by Crippen LogP contribution is -2.69. The first-order valence-corrected chi connectivity index (χ1v) is 7.04. The topological polar surface area (TPSA) is 58.6 Å². The van der Waals surface area contributed by atoms with Crippen LogP contribution in [-0.4, -0.2) is 48.6 Å². The van der Waals surface area contributed by atoms with Crippen molar-refractivity contribution in [2.45, 2.75) is 58.2 Å². The van der Waals surface area contributed by atoms with Crippen LogP contribution in [0.3, 0.4) is 0 Å². The molecule has 0 aromatic carbocycles. The molecule has 1 N–H and O–H groups in total. The van der Waals surface area contributed by atoms with Crippen LogP contribution in [0, 0.1) is 5.41 Å². The van der Waals surface area contributed by atoms with Crippen LogP contribution in [0.2, 0.25) is 0 Å². The van der Waals surface area contributed by atoms with Gasteiger partial charge >= 0.3 is 0 Å². The van der Waals surface area contributed by atoms with Gasteiger partial charge in [0.25, 0.3) is 0 Å². The van der Waals surface area contributed by atoms with E-state index in [4.69, 9.17) is 4.74 Å². The van der Waals surface area contributed by atoms with E-state index in [1.54, 1.807) is 12.0 Å². The van der Waals surface area contributed by atoms with Crippen molar-refractivity contribution in [3.05, 3.63) is 0 Å². The quantitative estimate of drug-likeness (QED) is 0.825. The van der Waals surface area contributed by atoms with Gasteiger partial charge < -0.3 is 15.0 Å². The number of amides is 2. The molecule has 108 valence electrons. The summed E-state index contributed by atoms with van der Waals surface area (Å²) < 4.78 is 5.42. The van der Waals surface area contributed by atoms with Gasteiger partial charge in [0.2, 0.25) is 11.8 Å². The van der Waals surface area contributed by atoms with Crippen molar-refractivity contribution < 1.29 is 14.3 Å². The van der Waals surface area contributed by atoms with Gasteiger partial charge in [0, 0.05) is 18.6 Å². The molecule has 0 aromatic heterocycles. The van der Waals surface area contributed by atoms with Gasteiger partial charge in [0.05, 0.1) is 12.6 Å². The first-order valence-electron chi connectivity index (χ1n) is 7.04. The Morgan fingerprint density at radius 1 is 1.42 bits per heavy atom. The summed E-state index contributed by atoms with van der Waals surface area (Å²) in [6.07, 6.45) is 2.59. The molecule has 5 heteroatoms. The third kappa shape index (κ3) is 2.36. The molecular weight excluding hydrogens is 244 g/mol. The van der Waals surface area contributed by atoms with E-state index in [1.807, 2.05) is 6.92 Å². The van der Waals surface area contributed by atoms with Gasteiger partial charge in [-0.15, -0.1) is 0 Å². The van der Waals surface area contributed by atoms with Crippen molar-refractivity contribution in [2.24, 2.45) is 5.41 Å². The van der Waals surface area contributed by atoms with E-state index in [2.05, 4.69) is 19.2 Å². The molecule has 3 unspecified atom stereocenters. The predicted octanol–water partition coefficient (Wildman–Crippen LogP) is 0.927. The molecule has 1 saturated carbocycles. The zero-order valence-electron chi connectivity index (χ0n) is 12.2. The maximum atomic E-state index is 12.4. The smallest absolute Gasteiger partial charge is 0.245 e. The van der Waals surface area contributed by atoms with Crippen molar-refractivity contribution in [1.29, 1.82) is 0 Å². The molecule has 2 amide bonds. The lowest BCUT2D eigenvalue weighted by molar-refractivity contribution is -0.171. The molecule has 1 aliphatic carbocycles. The molecule has 5 nitrogen and oxygen atoms in total. The zero-order valence-corrected chi connectivity index (χ0v) is 12.2. The summed E-state index contributed by atoms with van der Waals surface area (Å²) in [7, 11) is 1.70. The third-order valence-corrected chi connectivity index (χ3v) is 4.59. The van der Waals surface area contributed by atoms with Gasteiger partial charge in [-0.2, -0.15) is 0 Å². The molecule has 0 aromatic rings. The number of nitrogens with zero attached hydrogens (tertiary/aromatic N) is 1. The Kier molecular flexibility index (Phi) is 3.85. The number of rotatable bonds is 4. The number of carbonyl (C=O) groups excluding carboxylic acids is 2. The van der Waals surface area contributed by atoms with Gasteiger partial charge in [0.15, 0.2) is 0 Å². The summed E-state index contributed by atoms with van der Waals surface area (Å²) >= 11 is 0. The minimum absolute atomic E-state index is 0.0466. The van der Waals surface area contributed by atoms with Crippen LogP contribution < -0.4 is 5.32 Å². The van der Waals surface area contributed by atoms with Crippen molar-refractivity contribution >= 4 is 11.8 Å². The second-order valence-corrected chi connectivity index (χ2v) is 6.17. The lowest BCUT2D eigenvalue weighted by Gasteiger charge is -2.56. The Balaban J connectivity index is 2.11. The van der Waals surface area contributed by atoms with Crippen LogP contribution in [0.4, 0.5) is 0 Å². The Labute approximate surface area is 114 Å². The van der Waals surface area contributed by atoms with Gasteiger partial charge in [-0.25, -0.2) is 0 Å². The number of nitrogens with one attached hydrogen (secondary N) is 1. The maximum Gasteiger partial charge on any atom is 0.245 e. The number of hydrogen-bond acceptors (Lipinski definition) is 3. The van der Waals surface area contributed by atoms with E-state index in [0.29, 0.717) is 6.42 Å². The number of ether oxygens (including phenoxy) is 1. The van der Waals surface area contributed by atoms with Crippen LogP contribution in [0.15, 0.2) is 0 Å². The standard InChI is InChI=1S/C14H24N2O3/c1-5-6-9-13(18)16(8-12(17)15-9)10-7-11(19-4)14(10,2)3/h9-11H,5-8H2,1-4H3,(H,15,17). The predicted molar refractivity (Wildman–Crippen MR) is 71.5 cm³/mol. The SMILES string of the molecule is CCCC1NC(=O)CN(C2CC(OC)C2(C)C)C1=O. The van der Waals surface area contributed by atoms with Crippen LogP contribution >= 0.6 is 0 Å². The molecular formula is C14H24N2O3. The number of hydrogen-bond donors (Lipinski definition) is 1. The third-order valence-electron chi connectivity index (χ3n) is 4.59. The van der Waals surface area contributed by atoms with E-state index in [1.165, 1.54) is 0 Å². The Morgan fingerprint density at radius 2 is 2.11 bits per heavy atom. The Hall–Kier alpha value is -1.10. The highest BCUT2D eigenvalue weighted by Crippen LogP contribution is 2.46. The minimum atomic E-state index is -0.344. The summed E-state index contributed by atoms with van der Waals surface area (Å²) in [6.45, 7) is 6.41. The molecule has 1 aliphatic heterocycles. The fourth-order valence-electron chi connectivity index (χ4n) is 3.28. The highest BCUT2D eigenvalue weighted by atomic mass is 16.5. The molecule has 0 spiro atoms. The van der Waals surface area contributed by atoms with Crippen LogP contribution in [0.1, 0.15) is 40.0 Å². The first-order chi connectivity index (χ1) is 8.91. The normalized spacial score (nSPS) is 33.9. The second kappa shape index (κ2) is 5.12. The van der Waals surface area contributed by atoms with Crippen molar-refractivity contribution in [3.8, 4) is 0 Å². The van der Waals surface area contributed by atoms with E-state index in [-0.39, 0.29) is 42.0 Å². The molecule has 19 heavy (non-hydrogen) atoms. The summed E-state index contributed by atoms with van der Waals surface area (Å²) in [5, 5.41) is 2.79. The Morgan fingerprint density at radius 3 is 2.63 bits per heavy atom. The highest BCUT2D eigenvalue weighted by Gasteiger charge is 2.54. The summed E-state index contributed by atoms with van der Waals surface area (Å²) in [5.74, 6) is 0.0174. The van der Waals surface area contributed by atoms with E-state index in [9.17, 15) is 9.59 Å². The van der Waals surface area contributed by atoms with Gasteiger partial charge in [-0.3, -0.25) is 9.59 Å². The summed E-state index contributed by atoms with van der Waals surface area (Å²) in [6, 6.07) is -0.237. The second-order valence-electron chi connectivity index (χ2n) is 6.17. The molecule has 2 aliphatic rings. The van der Waals surface area contributed by atoms with Crippen LogP contribution in [0.5, 0.6) is 0 Å². The average Bonchev–Trinajstić information content (AvgIpc) is 2.34. The summed E-state index contributed by atoms with van der Waals surface area (Å²) in [5.41, 5.74) is -0.0845. The molecule has 3 atom stereocenters. The average molecular weight is 268 g/mol. The highest BCUT2D eigenvalue weighted by molar-refractivity contribution is 5.95. The number of piperazine rings is 1. The van der Waals surface area contributed by atoms with Crippen molar-refractivity contribution in [1.82, 2.24) is 10.2 Å². The summed E-state index contributed by atoms with van der Waals surface area (Å²) in [4.78, 5) is 26.0. The molecule has 0 bridgehead atoms. The number of methoxy groups -OCH3 is 1. The van der Waals surface area contributed by atoms with Crippen LogP contribution in [-0.2, 0) is 14.3 Å². The van der Waals surface area contributed by atoms with Gasteiger partial charge in [0.1, 0.15) is 6.04 Å². The first kappa shape index (κ1) is 14.3. The lowest BCUT2D eigenvalue weighted by atomic mass is 9.63. The molecule has 1 saturated heterocycles. The van der Waals surface area contributed by atoms with Gasteiger partial charge in [-0.05, 0) is 12.8 Å². The largest absolute Gasteiger partial charge is 0.381 e. The van der Waals surface area contributed by atoms with E-state index < -0.39 is 0 Å². The zero-order chi connectivity index (χ0) is 14.2. The minimum Gasteiger partial charge on any atom is -0.381 e. The monoisotopic (exact) mass is 268 g/mol. The van der Waals surface area contributed by atoms with Crippen molar-refractivity contribution in [3.63, 3.8) is 0 Å². The van der Waals surface area contributed by atoms with Crippen molar-refractivity contribution in [2.75, 3.05) is 13.7 Å². The Bertz CT molecular complexity index is 381. The van der Waals surface area contributed by atoms with Gasteiger partial charge in [-0.1, -0.05) is 27.2 Å². The number of carbonyl (C=O) groups is 2. The maximum absolute atomic E-state index is 12.4. The molecule has 2 fully saturated rings. The molecule has 0 radical (unpaired) electrons. The van der Waals surface area contributed by atoms with E-state index in [0.717, 1.165) is 12.8 Å².